The Morgan fingerprint density at radius 3 is 1.04 bits per heavy atom. The molecule has 0 aliphatic heterocycles. The molecule has 0 spiro atoms. The van der Waals surface area contributed by atoms with Gasteiger partial charge in [-0.05, 0) is 89.9 Å². The van der Waals surface area contributed by atoms with Crippen LogP contribution in [0, 0.1) is 0 Å². The van der Waals surface area contributed by atoms with Gasteiger partial charge in [0.1, 0.15) is 19.8 Å². The second kappa shape index (κ2) is 62.7. The third-order valence-electron chi connectivity index (χ3n) is 14.9. The number of unbranched alkanes of at least 4 members (excludes halogenated alkanes) is 35. The molecule has 0 aromatic rings. The summed E-state index contributed by atoms with van der Waals surface area (Å²) < 4.78 is 34.3. The van der Waals surface area contributed by atoms with E-state index < -0.39 is 26.5 Å². The number of allylic oxidation sites excluding steroid dienone is 14. The molecule has 0 saturated carbocycles. The Hall–Kier alpha value is -2.81. The molecule has 0 aliphatic carbocycles. The summed E-state index contributed by atoms with van der Waals surface area (Å²) in [6, 6.07) is 0. The molecule has 0 aromatic carbocycles. The zero-order valence-electron chi connectivity index (χ0n) is 54.2. The fourth-order valence-corrected chi connectivity index (χ4v) is 10.4. The molecular formula is C72H130NO8P. The third-order valence-corrected chi connectivity index (χ3v) is 15.9. The smallest absolute Gasteiger partial charge is 0.306 e. The minimum atomic E-state index is -4.64. The van der Waals surface area contributed by atoms with Gasteiger partial charge in [0.05, 0.1) is 27.7 Å². The molecule has 0 amide bonds. The summed E-state index contributed by atoms with van der Waals surface area (Å²) in [5, 5.41) is 0. The quantitative estimate of drug-likeness (QED) is 0.0195. The molecule has 0 aliphatic rings. The molecule has 9 nitrogen and oxygen atoms in total. The number of rotatable bonds is 63. The Bertz CT molecular complexity index is 1660. The summed E-state index contributed by atoms with van der Waals surface area (Å²) >= 11 is 0. The number of carbonyl (C=O) groups excluding carboxylic acids is 2. The molecule has 476 valence electrons. The summed E-state index contributed by atoms with van der Waals surface area (Å²) in [6.07, 6.45) is 85.1. The van der Waals surface area contributed by atoms with Crippen molar-refractivity contribution in [3.8, 4) is 0 Å². The van der Waals surface area contributed by atoms with Crippen molar-refractivity contribution in [1.82, 2.24) is 0 Å². The van der Waals surface area contributed by atoms with Crippen LogP contribution in [0.5, 0.6) is 0 Å². The van der Waals surface area contributed by atoms with Gasteiger partial charge < -0.3 is 27.9 Å². The maximum Gasteiger partial charge on any atom is 0.306 e. The number of quaternary nitrogens is 1. The normalized spacial score (nSPS) is 13.7. The van der Waals surface area contributed by atoms with E-state index in [1.165, 1.54) is 199 Å². The predicted octanol–water partition coefficient (Wildman–Crippen LogP) is 21.5. The van der Waals surface area contributed by atoms with E-state index in [-0.39, 0.29) is 32.0 Å². The second-order valence-corrected chi connectivity index (χ2v) is 25.6. The highest BCUT2D eigenvalue weighted by Gasteiger charge is 2.22. The first-order chi connectivity index (χ1) is 40.0. The van der Waals surface area contributed by atoms with Crippen LogP contribution >= 0.6 is 7.82 Å². The first kappa shape index (κ1) is 79.2. The average Bonchev–Trinajstić information content (AvgIpc) is 3.46. The standard InChI is InChI=1S/C72H130NO8P/c1-6-8-10-12-14-16-18-20-22-24-26-28-30-32-33-34-35-36-37-38-39-41-43-45-47-49-51-53-55-57-59-61-63-65-72(75)81-70(69-80-82(76,77)79-67-66-73(3,4)5)68-78-71(74)64-62-60-58-56-54-52-50-48-46-44-42-40-31-29-27-25-23-21-19-17-15-13-11-9-7-2/h8,10,14,16,19-22,25-28,32-33,70H,6-7,9,11-13,15,17-18,23-24,29-31,34-69H2,1-5H3/b10-8-,16-14-,21-19-,22-20-,27-25-,28-26-,33-32-. The molecule has 0 rings (SSSR count). The maximum absolute atomic E-state index is 12.9. The molecule has 0 N–H and O–H groups in total. The Balaban J connectivity index is 4.04. The van der Waals surface area contributed by atoms with Crippen LogP contribution in [-0.4, -0.2) is 70.0 Å². The van der Waals surface area contributed by atoms with Crippen molar-refractivity contribution < 1.29 is 42.1 Å². The lowest BCUT2D eigenvalue weighted by molar-refractivity contribution is -0.870. The highest BCUT2D eigenvalue weighted by atomic mass is 31.2. The van der Waals surface area contributed by atoms with Gasteiger partial charge in [-0.15, -0.1) is 0 Å². The van der Waals surface area contributed by atoms with Crippen LogP contribution in [0.25, 0.3) is 0 Å². The molecule has 10 heteroatoms. The lowest BCUT2D eigenvalue weighted by Gasteiger charge is -2.28. The van der Waals surface area contributed by atoms with Crippen molar-refractivity contribution in [1.29, 1.82) is 0 Å². The van der Waals surface area contributed by atoms with Gasteiger partial charge in [-0.1, -0.05) is 292 Å². The highest BCUT2D eigenvalue weighted by molar-refractivity contribution is 7.45. The zero-order chi connectivity index (χ0) is 59.8. The number of hydrogen-bond acceptors (Lipinski definition) is 8. The number of nitrogens with zero attached hydrogens (tertiary/aromatic N) is 1. The van der Waals surface area contributed by atoms with Gasteiger partial charge in [-0.25, -0.2) is 0 Å². The van der Waals surface area contributed by atoms with Gasteiger partial charge in [-0.2, -0.15) is 0 Å². The average molecular weight is 1170 g/mol. The van der Waals surface area contributed by atoms with Crippen molar-refractivity contribution in [2.75, 3.05) is 47.5 Å². The molecule has 0 saturated heterocycles. The first-order valence-electron chi connectivity index (χ1n) is 34.3. The number of ether oxygens (including phenoxy) is 2. The number of carbonyl (C=O) groups is 2. The van der Waals surface area contributed by atoms with Crippen molar-refractivity contribution >= 4 is 19.8 Å². The number of esters is 2. The lowest BCUT2D eigenvalue weighted by atomic mass is 10.0. The van der Waals surface area contributed by atoms with Crippen molar-refractivity contribution in [2.45, 2.75) is 315 Å². The van der Waals surface area contributed by atoms with Crippen LogP contribution in [0.2, 0.25) is 0 Å². The molecule has 0 aromatic heterocycles. The predicted molar refractivity (Wildman–Crippen MR) is 351 cm³/mol. The van der Waals surface area contributed by atoms with E-state index in [1.54, 1.807) is 0 Å². The fraction of sp³-hybridized carbons (Fsp3) is 0.778. The van der Waals surface area contributed by atoms with E-state index in [0.29, 0.717) is 17.4 Å². The Labute approximate surface area is 507 Å². The van der Waals surface area contributed by atoms with E-state index in [4.69, 9.17) is 18.5 Å². The number of likely N-dealkylation sites (N-methyl/N-ethyl adjacent to an activating group) is 1. The molecular weight excluding hydrogens is 1040 g/mol. The van der Waals surface area contributed by atoms with Crippen LogP contribution in [0.3, 0.4) is 0 Å². The van der Waals surface area contributed by atoms with Crippen molar-refractivity contribution in [3.05, 3.63) is 85.1 Å². The third kappa shape index (κ3) is 66.3. The van der Waals surface area contributed by atoms with Gasteiger partial charge in [0.2, 0.25) is 0 Å². The summed E-state index contributed by atoms with van der Waals surface area (Å²) in [7, 11) is 1.17. The number of phosphoric ester groups is 1. The van der Waals surface area contributed by atoms with E-state index in [9.17, 15) is 19.0 Å². The van der Waals surface area contributed by atoms with E-state index in [0.717, 1.165) is 77.0 Å². The molecule has 0 fully saturated rings. The molecule has 0 bridgehead atoms. The number of phosphoric acid groups is 1. The van der Waals surface area contributed by atoms with Crippen LogP contribution in [0.1, 0.15) is 309 Å². The van der Waals surface area contributed by atoms with Gasteiger partial charge in [0.25, 0.3) is 7.82 Å². The largest absolute Gasteiger partial charge is 0.756 e. The Morgan fingerprint density at radius 1 is 0.390 bits per heavy atom. The Kier molecular flexibility index (Phi) is 60.6. The summed E-state index contributed by atoms with van der Waals surface area (Å²) in [6.45, 7) is 4.15. The summed E-state index contributed by atoms with van der Waals surface area (Å²) in [5.41, 5.74) is 0. The second-order valence-electron chi connectivity index (χ2n) is 24.2. The van der Waals surface area contributed by atoms with Crippen molar-refractivity contribution in [2.24, 2.45) is 0 Å². The molecule has 0 radical (unpaired) electrons. The molecule has 2 atom stereocenters. The first-order valence-corrected chi connectivity index (χ1v) is 35.8. The molecule has 0 heterocycles. The van der Waals surface area contributed by atoms with Gasteiger partial charge >= 0.3 is 11.9 Å². The summed E-state index contributed by atoms with van der Waals surface area (Å²) in [4.78, 5) is 38.0. The zero-order valence-corrected chi connectivity index (χ0v) is 55.1. The SMILES string of the molecule is CC/C=C\C/C=C\C/C=C\C/C=C\C/C=C\CCCCCCCCCCCCCCCCCCCC(=O)OC(COC(=O)CCCCCCCCCCCCCCC/C=C\C/C=C\CCCCCCC)COP(=O)([O-])OCC[N+](C)(C)C. The number of hydrogen-bond donors (Lipinski definition) is 0. The Morgan fingerprint density at radius 2 is 0.695 bits per heavy atom. The fourth-order valence-electron chi connectivity index (χ4n) is 9.66. The minimum Gasteiger partial charge on any atom is -0.756 e. The van der Waals surface area contributed by atoms with Gasteiger partial charge in [-0.3, -0.25) is 14.2 Å². The monoisotopic (exact) mass is 1170 g/mol. The van der Waals surface area contributed by atoms with E-state index >= 15 is 0 Å². The minimum absolute atomic E-state index is 0.0319. The topological polar surface area (TPSA) is 111 Å². The van der Waals surface area contributed by atoms with Crippen LogP contribution < -0.4 is 4.89 Å². The van der Waals surface area contributed by atoms with Gasteiger partial charge in [0.15, 0.2) is 6.10 Å². The molecule has 82 heavy (non-hydrogen) atoms. The van der Waals surface area contributed by atoms with Gasteiger partial charge in [0, 0.05) is 12.8 Å². The van der Waals surface area contributed by atoms with Crippen molar-refractivity contribution in [3.63, 3.8) is 0 Å². The van der Waals surface area contributed by atoms with Crippen LogP contribution in [0.4, 0.5) is 0 Å². The molecule has 2 unspecified atom stereocenters. The van der Waals surface area contributed by atoms with E-state index in [2.05, 4.69) is 98.9 Å². The maximum atomic E-state index is 12.9. The highest BCUT2D eigenvalue weighted by Crippen LogP contribution is 2.38. The van der Waals surface area contributed by atoms with E-state index in [1.807, 2.05) is 21.1 Å². The summed E-state index contributed by atoms with van der Waals surface area (Å²) in [5.74, 6) is -0.824. The van der Waals surface area contributed by atoms with Crippen LogP contribution in [0.15, 0.2) is 85.1 Å². The lowest BCUT2D eigenvalue weighted by Crippen LogP contribution is -2.37. The van der Waals surface area contributed by atoms with Crippen LogP contribution in [-0.2, 0) is 32.7 Å².